The summed E-state index contributed by atoms with van der Waals surface area (Å²) in [5, 5.41) is 3.95. The van der Waals surface area contributed by atoms with Crippen molar-refractivity contribution < 1.29 is 17.9 Å². The number of rotatable bonds is 5. The van der Waals surface area contributed by atoms with Crippen molar-refractivity contribution in [2.24, 2.45) is 4.99 Å². The van der Waals surface area contributed by atoms with Crippen molar-refractivity contribution in [3.63, 3.8) is 0 Å². The molecule has 0 fully saturated rings. The highest BCUT2D eigenvalue weighted by Gasteiger charge is 2.31. The van der Waals surface area contributed by atoms with E-state index in [1.807, 2.05) is 54.8 Å². The van der Waals surface area contributed by atoms with Crippen LogP contribution in [-0.2, 0) is 0 Å². The molecular formula is C26H21F3N6O. The predicted molar refractivity (Wildman–Crippen MR) is 130 cm³/mol. The van der Waals surface area contributed by atoms with Crippen LogP contribution in [0.5, 0.6) is 5.75 Å². The van der Waals surface area contributed by atoms with Gasteiger partial charge in [-0.1, -0.05) is 12.1 Å². The number of ether oxygens (including phenoxy) is 1. The third-order valence-electron chi connectivity index (χ3n) is 5.25. The largest absolute Gasteiger partial charge is 0.573 e. The van der Waals surface area contributed by atoms with Crippen LogP contribution in [0.15, 0.2) is 84.2 Å². The minimum atomic E-state index is -4.76. The Morgan fingerprint density at radius 3 is 2.47 bits per heavy atom. The zero-order chi connectivity index (χ0) is 25.3. The molecule has 0 unspecified atom stereocenters. The Kier molecular flexibility index (Phi) is 6.01. The Bertz CT molecular complexity index is 1550. The third-order valence-corrected chi connectivity index (χ3v) is 5.25. The number of hydrogen-bond donors (Lipinski definition) is 1. The highest BCUT2D eigenvalue weighted by atomic mass is 19.4. The van der Waals surface area contributed by atoms with Crippen LogP contribution >= 0.6 is 0 Å². The second kappa shape index (κ2) is 9.29. The number of benzene rings is 3. The molecule has 0 bridgehead atoms. The minimum Gasteiger partial charge on any atom is -0.406 e. The SMILES string of the molecule is CC(C)/N=c1\cc2n(-c3ccc(OC(F)(F)F)cc3)c3ccccc3nc-2cc1Nc1cnccn1. The van der Waals surface area contributed by atoms with Crippen LogP contribution in [0.4, 0.5) is 24.7 Å². The van der Waals surface area contributed by atoms with Gasteiger partial charge in [0.05, 0.1) is 39.7 Å². The summed E-state index contributed by atoms with van der Waals surface area (Å²) >= 11 is 0. The Morgan fingerprint density at radius 2 is 1.78 bits per heavy atom. The van der Waals surface area contributed by atoms with Crippen molar-refractivity contribution in [1.29, 1.82) is 0 Å². The van der Waals surface area contributed by atoms with Crippen LogP contribution in [-0.4, -0.2) is 31.9 Å². The van der Waals surface area contributed by atoms with E-state index < -0.39 is 6.36 Å². The van der Waals surface area contributed by atoms with Gasteiger partial charge in [-0.3, -0.25) is 9.98 Å². The predicted octanol–water partition coefficient (Wildman–Crippen LogP) is 5.87. The van der Waals surface area contributed by atoms with E-state index in [-0.39, 0.29) is 11.8 Å². The summed E-state index contributed by atoms with van der Waals surface area (Å²) in [4.78, 5) is 18.0. The summed E-state index contributed by atoms with van der Waals surface area (Å²) in [6.45, 7) is 3.95. The number of halogens is 3. The van der Waals surface area contributed by atoms with Crippen LogP contribution in [0.1, 0.15) is 13.8 Å². The van der Waals surface area contributed by atoms with E-state index in [0.29, 0.717) is 28.2 Å². The molecule has 0 saturated heterocycles. The summed E-state index contributed by atoms with van der Waals surface area (Å²) in [5.74, 6) is 0.270. The molecule has 2 aromatic carbocycles. The fourth-order valence-electron chi connectivity index (χ4n) is 3.90. The van der Waals surface area contributed by atoms with Gasteiger partial charge in [-0.25, -0.2) is 9.97 Å². The molecule has 3 aromatic rings. The maximum Gasteiger partial charge on any atom is 0.573 e. The van der Waals surface area contributed by atoms with Crippen molar-refractivity contribution in [2.75, 3.05) is 5.32 Å². The van der Waals surface area contributed by atoms with Crippen molar-refractivity contribution in [1.82, 2.24) is 19.5 Å². The second-order valence-corrected chi connectivity index (χ2v) is 8.27. The lowest BCUT2D eigenvalue weighted by atomic mass is 10.1. The topological polar surface area (TPSA) is 77.2 Å². The van der Waals surface area contributed by atoms with Crippen LogP contribution in [0, 0.1) is 0 Å². The first kappa shape index (κ1) is 23.3. The smallest absolute Gasteiger partial charge is 0.406 e. The van der Waals surface area contributed by atoms with E-state index in [4.69, 9.17) is 9.98 Å². The highest BCUT2D eigenvalue weighted by molar-refractivity contribution is 5.84. The lowest BCUT2D eigenvalue weighted by molar-refractivity contribution is -0.274. The molecule has 36 heavy (non-hydrogen) atoms. The Morgan fingerprint density at radius 1 is 1.00 bits per heavy atom. The van der Waals surface area contributed by atoms with Crippen molar-refractivity contribution in [3.8, 4) is 22.8 Å². The first-order chi connectivity index (χ1) is 17.3. The second-order valence-electron chi connectivity index (χ2n) is 8.27. The average Bonchev–Trinajstić information content (AvgIpc) is 2.83. The van der Waals surface area contributed by atoms with Crippen molar-refractivity contribution in [2.45, 2.75) is 26.3 Å². The van der Waals surface area contributed by atoms with Gasteiger partial charge in [0, 0.05) is 24.1 Å². The average molecular weight is 490 g/mol. The van der Waals surface area contributed by atoms with Crippen LogP contribution in [0.2, 0.25) is 0 Å². The normalized spacial score (nSPS) is 12.4. The Labute approximate surface area is 204 Å². The monoisotopic (exact) mass is 490 g/mol. The number of alkyl halides is 3. The molecule has 1 aliphatic heterocycles. The number of aromatic nitrogens is 4. The molecule has 182 valence electrons. The van der Waals surface area contributed by atoms with Gasteiger partial charge in [0.25, 0.3) is 0 Å². The number of fused-ring (bicyclic) bond motifs is 2. The fraction of sp³-hybridized carbons (Fsp3) is 0.154. The van der Waals surface area contributed by atoms with E-state index in [2.05, 4.69) is 20.0 Å². The van der Waals surface area contributed by atoms with Gasteiger partial charge in [0.2, 0.25) is 0 Å². The van der Waals surface area contributed by atoms with Gasteiger partial charge >= 0.3 is 6.36 Å². The van der Waals surface area contributed by atoms with E-state index in [9.17, 15) is 13.2 Å². The van der Waals surface area contributed by atoms with Crippen molar-refractivity contribution >= 4 is 22.5 Å². The molecule has 0 saturated carbocycles. The quantitative estimate of drug-likeness (QED) is 0.312. The van der Waals surface area contributed by atoms with Crippen molar-refractivity contribution in [3.05, 3.63) is 84.6 Å². The summed E-state index contributed by atoms with van der Waals surface area (Å²) in [7, 11) is 0. The zero-order valence-corrected chi connectivity index (χ0v) is 19.4. The molecule has 0 spiro atoms. The lowest BCUT2D eigenvalue weighted by Crippen LogP contribution is -2.17. The van der Waals surface area contributed by atoms with Gasteiger partial charge in [-0.15, -0.1) is 13.2 Å². The summed E-state index contributed by atoms with van der Waals surface area (Å²) < 4.78 is 44.0. The fourth-order valence-corrected chi connectivity index (χ4v) is 3.90. The number of para-hydroxylation sites is 2. The standard InChI is InChI=1S/C26H21F3N6O/c1-16(2)32-21-14-24-22(13-20(21)34-25-15-30-11-12-31-25)33-19-5-3-4-6-23(19)35(24)17-7-9-18(10-8-17)36-26(27,28)29/h3-16H,1-2H3,(H,31,34)/b32-21+. The summed E-state index contributed by atoms with van der Waals surface area (Å²) in [6.07, 6.45) is 0.0353. The minimum absolute atomic E-state index is 0.00511. The van der Waals surface area contributed by atoms with E-state index in [1.165, 1.54) is 12.1 Å². The van der Waals surface area contributed by atoms with Crippen LogP contribution < -0.4 is 15.4 Å². The first-order valence-electron chi connectivity index (χ1n) is 11.2. The van der Waals surface area contributed by atoms with E-state index in [0.717, 1.165) is 16.7 Å². The molecule has 0 radical (unpaired) electrons. The molecule has 7 nitrogen and oxygen atoms in total. The summed E-state index contributed by atoms with van der Waals surface area (Å²) in [6, 6.07) is 17.1. The number of hydrogen-bond acceptors (Lipinski definition) is 6. The number of anilines is 2. The Hall–Kier alpha value is -4.47. The molecule has 0 atom stereocenters. The van der Waals surface area contributed by atoms with Gasteiger partial charge < -0.3 is 14.6 Å². The molecule has 1 aromatic heterocycles. The maximum absolute atomic E-state index is 12.7. The van der Waals surface area contributed by atoms with E-state index >= 15 is 0 Å². The third kappa shape index (κ3) is 4.97. The molecule has 2 aliphatic rings. The van der Waals surface area contributed by atoms with Gasteiger partial charge in [0.15, 0.2) is 0 Å². The zero-order valence-electron chi connectivity index (χ0n) is 19.4. The van der Waals surface area contributed by atoms with E-state index in [1.54, 1.807) is 30.7 Å². The Balaban J connectivity index is 1.74. The maximum atomic E-state index is 12.7. The van der Waals surface area contributed by atoms with Gasteiger partial charge in [-0.05, 0) is 62.4 Å². The summed E-state index contributed by atoms with van der Waals surface area (Å²) in [5.41, 5.74) is 4.28. The van der Waals surface area contributed by atoms with Crippen LogP contribution in [0.25, 0.3) is 28.1 Å². The molecule has 2 heterocycles. The molecular weight excluding hydrogens is 469 g/mol. The van der Waals surface area contributed by atoms with Gasteiger partial charge in [-0.2, -0.15) is 0 Å². The number of nitrogens with zero attached hydrogens (tertiary/aromatic N) is 5. The molecule has 10 heteroatoms. The number of nitrogens with one attached hydrogen (secondary N) is 1. The molecule has 5 rings (SSSR count). The molecule has 1 N–H and O–H groups in total. The highest BCUT2D eigenvalue weighted by Crippen LogP contribution is 2.31. The van der Waals surface area contributed by atoms with Crippen LogP contribution in [0.3, 0.4) is 0 Å². The lowest BCUT2D eigenvalue weighted by Gasteiger charge is -2.20. The first-order valence-corrected chi connectivity index (χ1v) is 11.2. The molecule has 0 amide bonds. The van der Waals surface area contributed by atoms with Gasteiger partial charge in [0.1, 0.15) is 11.6 Å². The molecule has 1 aliphatic carbocycles.